The van der Waals surface area contributed by atoms with Crippen LogP contribution in [0.4, 0.5) is 17.6 Å². The normalized spacial score (nSPS) is 11.8. The average molecular weight is 1060 g/mol. The van der Waals surface area contributed by atoms with Crippen molar-refractivity contribution in [3.63, 3.8) is 0 Å². The summed E-state index contributed by atoms with van der Waals surface area (Å²) in [4.78, 5) is 31.4. The number of nitrogens with one attached hydrogen (secondary N) is 1. The molecule has 2 heterocycles. The van der Waals surface area contributed by atoms with Crippen LogP contribution < -0.4 is 19.3 Å². The van der Waals surface area contributed by atoms with Gasteiger partial charge in [-0.25, -0.2) is 54.2 Å². The zero-order valence-electron chi connectivity index (χ0n) is 41.7. The lowest BCUT2D eigenvalue weighted by molar-refractivity contribution is -0.136. The smallest absolute Gasteiger partial charge is 0.307 e. The van der Waals surface area contributed by atoms with Crippen molar-refractivity contribution in [3.8, 4) is 34.0 Å². The number of aliphatic hydroxyl groups is 2. The molecule has 21 heteroatoms. The van der Waals surface area contributed by atoms with Crippen LogP contribution in [0.2, 0.25) is 0 Å². The summed E-state index contributed by atoms with van der Waals surface area (Å²) in [6.45, 7) is 13.0. The number of nitrogens with zero attached hydrogens (tertiary/aromatic N) is 2. The summed E-state index contributed by atoms with van der Waals surface area (Å²) in [7, 11) is -5.39. The largest absolute Gasteiger partial charge is 0.481 e. The van der Waals surface area contributed by atoms with E-state index in [0.29, 0.717) is 50.4 Å². The number of hydrogen-bond acceptors (Lipinski definition) is 12. The summed E-state index contributed by atoms with van der Waals surface area (Å²) < 4.78 is 116. The zero-order valence-corrected chi connectivity index (χ0v) is 43.3. The molecule has 0 aliphatic carbocycles. The predicted molar refractivity (Wildman–Crippen MR) is 266 cm³/mol. The van der Waals surface area contributed by atoms with Gasteiger partial charge in [-0.2, -0.15) is 0 Å². The number of halogens is 4. The number of carbonyl (C=O) groups excluding carboxylic acids is 1. The first-order valence-electron chi connectivity index (χ1n) is 22.3. The van der Waals surface area contributed by atoms with E-state index in [0.717, 1.165) is 30.3 Å². The predicted octanol–water partition coefficient (Wildman–Crippen LogP) is 8.78. The van der Waals surface area contributed by atoms with E-state index in [1.165, 1.54) is 78.4 Å². The van der Waals surface area contributed by atoms with Gasteiger partial charge in [-0.1, -0.05) is 39.8 Å². The van der Waals surface area contributed by atoms with Gasteiger partial charge >= 0.3 is 5.97 Å². The lowest BCUT2D eigenvalue weighted by Gasteiger charge is -2.19. The maximum Gasteiger partial charge on any atom is 0.307 e. The third-order valence-corrected chi connectivity index (χ3v) is 13.3. The Bertz CT molecular complexity index is 3210. The summed E-state index contributed by atoms with van der Waals surface area (Å²) >= 11 is 0. The van der Waals surface area contributed by atoms with E-state index in [-0.39, 0.29) is 52.4 Å². The van der Waals surface area contributed by atoms with Crippen molar-refractivity contribution in [2.75, 3.05) is 14.2 Å². The molecule has 0 aliphatic rings. The number of amides is 1. The first-order chi connectivity index (χ1) is 33.8. The van der Waals surface area contributed by atoms with Crippen LogP contribution in [0, 0.1) is 23.3 Å². The molecule has 392 valence electrons. The molecule has 0 spiro atoms. The van der Waals surface area contributed by atoms with E-state index < -0.39 is 65.5 Å². The highest BCUT2D eigenvalue weighted by Gasteiger charge is 2.27. The van der Waals surface area contributed by atoms with Crippen LogP contribution in [0.25, 0.3) is 22.3 Å². The number of carboxylic acid groups (broad SMARTS) is 1. The van der Waals surface area contributed by atoms with Gasteiger partial charge in [-0.15, -0.1) is 0 Å². The quantitative estimate of drug-likeness (QED) is 0.0605. The van der Waals surface area contributed by atoms with Crippen LogP contribution in [-0.4, -0.2) is 68.2 Å². The Morgan fingerprint density at radius 2 is 1.03 bits per heavy atom. The average Bonchev–Trinajstić information content (AvgIpc) is 3.28. The number of ether oxygens (including phenoxy) is 2. The zero-order chi connectivity index (χ0) is 55.0. The first kappa shape index (κ1) is 58.8. The van der Waals surface area contributed by atoms with Crippen molar-refractivity contribution >= 4 is 31.9 Å². The number of hydrogen-bond donors (Lipinski definition) is 5. The van der Waals surface area contributed by atoms with Gasteiger partial charge in [0.2, 0.25) is 27.7 Å². The number of sulfonamides is 2. The molecule has 6 N–H and O–H groups in total. The lowest BCUT2D eigenvalue weighted by Crippen LogP contribution is -2.32. The van der Waals surface area contributed by atoms with Crippen LogP contribution in [0.5, 0.6) is 11.8 Å². The van der Waals surface area contributed by atoms with Gasteiger partial charge in [0.25, 0.3) is 10.0 Å². The Balaban J connectivity index is 0.000000264. The standard InChI is InChI=1S/C26H28F2N2O5S.C17H18FNO3.C9H12FNO3S/c1-15(2)19-11-17(27)12-20(16-8-9-29-25(10-16)35-5)21(19)14-24(31)30-36(33,34)18-6-7-22(23(28)13-18)26(3,4)32;1-10(2)13-7-12(18)8-14(15(13)9-17(20)21)11-4-5-19-16(6-11)22-3;1-9(2,12)7-4-3-6(5-8(7)10)15(11,13)14/h6-13,15,32H,14H2,1-5H3,(H,30,31);4-8,10H,9H2,1-3H3,(H,20,21);3-5,12H,1-2H3,(H2,11,13,14). The molecule has 0 atom stereocenters. The van der Waals surface area contributed by atoms with Gasteiger partial charge in [0.05, 0.1) is 48.1 Å². The molecule has 0 radical (unpaired) electrons. The molecule has 0 saturated heterocycles. The van der Waals surface area contributed by atoms with Crippen molar-refractivity contribution in [1.82, 2.24) is 14.7 Å². The van der Waals surface area contributed by atoms with Gasteiger partial charge < -0.3 is 24.8 Å². The maximum atomic E-state index is 14.5. The second kappa shape index (κ2) is 23.8. The number of methoxy groups -OCH3 is 2. The van der Waals surface area contributed by atoms with Crippen molar-refractivity contribution < 1.29 is 68.8 Å². The van der Waals surface area contributed by atoms with E-state index >= 15 is 0 Å². The molecular weight excluding hydrogens is 997 g/mol. The number of nitrogens with two attached hydrogens (primary N) is 1. The molecule has 0 bridgehead atoms. The molecule has 1 amide bonds. The van der Waals surface area contributed by atoms with Gasteiger partial charge in [-0.3, -0.25) is 9.59 Å². The van der Waals surface area contributed by atoms with E-state index in [2.05, 4.69) is 9.97 Å². The monoisotopic (exact) mass is 1050 g/mol. The fourth-order valence-electron chi connectivity index (χ4n) is 7.52. The molecule has 0 saturated carbocycles. The topological polar surface area (TPSA) is 245 Å². The van der Waals surface area contributed by atoms with Crippen molar-refractivity contribution in [2.45, 2.75) is 101 Å². The van der Waals surface area contributed by atoms with Gasteiger partial charge in [0, 0.05) is 35.7 Å². The molecule has 6 aromatic rings. The summed E-state index contributed by atoms with van der Waals surface area (Å²) in [6, 6.07) is 18.1. The Morgan fingerprint density at radius 3 is 1.38 bits per heavy atom. The van der Waals surface area contributed by atoms with Crippen molar-refractivity contribution in [1.29, 1.82) is 0 Å². The van der Waals surface area contributed by atoms with Crippen LogP contribution in [0.3, 0.4) is 0 Å². The molecule has 6 rings (SSSR count). The van der Waals surface area contributed by atoms with E-state index in [4.69, 9.17) is 14.6 Å². The summed E-state index contributed by atoms with van der Waals surface area (Å²) in [6.07, 6.45) is 2.50. The summed E-state index contributed by atoms with van der Waals surface area (Å²) in [5.41, 5.74) is 1.54. The summed E-state index contributed by atoms with van der Waals surface area (Å²) in [5.74, 6) is -3.91. The Morgan fingerprint density at radius 1 is 0.630 bits per heavy atom. The highest BCUT2D eigenvalue weighted by atomic mass is 32.2. The molecule has 2 aromatic heterocycles. The van der Waals surface area contributed by atoms with Crippen LogP contribution in [-0.2, 0) is 53.7 Å². The second-order valence-corrected chi connectivity index (χ2v) is 21.5. The lowest BCUT2D eigenvalue weighted by atomic mass is 9.88. The second-order valence-electron chi connectivity index (χ2n) is 18.2. The van der Waals surface area contributed by atoms with Crippen molar-refractivity contribution in [3.05, 3.63) is 154 Å². The number of aromatic nitrogens is 2. The molecule has 0 aliphatic heterocycles. The van der Waals surface area contributed by atoms with Gasteiger partial charge in [-0.05, 0) is 145 Å². The molecule has 0 fully saturated rings. The SMILES string of the molecule is CC(C)(O)c1ccc(S(N)(=O)=O)cc1F.COc1cc(-c2cc(F)cc(C(C)C)c2CC(=O)NS(=O)(=O)c2ccc(C(C)(C)O)c(F)c2)ccn1.COc1cc(-c2cc(F)cc(C(C)C)c2CC(=O)O)ccn1. The number of carboxylic acids is 1. The first-order valence-corrected chi connectivity index (χ1v) is 25.3. The Kier molecular flexibility index (Phi) is 19.2. The minimum atomic E-state index is -4.42. The van der Waals surface area contributed by atoms with Crippen LogP contribution in [0.1, 0.15) is 101 Å². The number of rotatable bonds is 15. The van der Waals surface area contributed by atoms with E-state index in [1.807, 2.05) is 32.4 Å². The number of benzene rings is 4. The summed E-state index contributed by atoms with van der Waals surface area (Å²) in [5, 5.41) is 33.6. The highest BCUT2D eigenvalue weighted by Crippen LogP contribution is 2.35. The number of aliphatic carboxylic acids is 1. The van der Waals surface area contributed by atoms with Gasteiger partial charge in [0.1, 0.15) is 23.3 Å². The molecule has 4 aromatic carbocycles. The fourth-order valence-corrected chi connectivity index (χ4v) is 9.04. The van der Waals surface area contributed by atoms with E-state index in [1.54, 1.807) is 30.5 Å². The third kappa shape index (κ3) is 15.9. The maximum absolute atomic E-state index is 14.5. The van der Waals surface area contributed by atoms with Crippen LogP contribution in [0.15, 0.2) is 107 Å². The number of pyridine rings is 2. The van der Waals surface area contributed by atoms with Gasteiger partial charge in [0.15, 0.2) is 0 Å². The minimum absolute atomic E-state index is 0.0209. The molecule has 0 unspecified atom stereocenters. The third-order valence-electron chi connectivity index (χ3n) is 11.0. The van der Waals surface area contributed by atoms with Crippen molar-refractivity contribution in [2.24, 2.45) is 5.14 Å². The number of primary sulfonamides is 1. The Hall–Kier alpha value is -6.78. The number of carbonyl (C=O) groups is 2. The fraction of sp³-hybridized carbons (Fsp3) is 0.308. The molecule has 73 heavy (non-hydrogen) atoms. The molecular formula is C52H58F4N4O11S2. The van der Waals surface area contributed by atoms with Crippen LogP contribution >= 0.6 is 0 Å². The minimum Gasteiger partial charge on any atom is -0.481 e. The van der Waals surface area contributed by atoms with E-state index in [9.17, 15) is 59.3 Å². The Labute approximate surface area is 422 Å². The highest BCUT2D eigenvalue weighted by molar-refractivity contribution is 7.90. The molecule has 15 nitrogen and oxygen atoms in total.